The summed E-state index contributed by atoms with van der Waals surface area (Å²) in [5.41, 5.74) is 1.10. The Morgan fingerprint density at radius 2 is 2.00 bits per heavy atom. The van der Waals surface area contributed by atoms with Crippen LogP contribution in [0.25, 0.3) is 0 Å². The molecule has 0 amide bonds. The van der Waals surface area contributed by atoms with Crippen LogP contribution < -0.4 is 5.32 Å². The van der Waals surface area contributed by atoms with E-state index in [9.17, 15) is 9.18 Å². The molecule has 17 heavy (non-hydrogen) atoms. The van der Waals surface area contributed by atoms with E-state index in [4.69, 9.17) is 0 Å². The first kappa shape index (κ1) is 13.6. The summed E-state index contributed by atoms with van der Waals surface area (Å²) in [4.78, 5) is 10.8. The van der Waals surface area contributed by atoms with E-state index in [1.54, 1.807) is 12.1 Å². The van der Waals surface area contributed by atoms with Crippen molar-refractivity contribution in [1.29, 1.82) is 0 Å². The molecule has 0 aliphatic rings. The molecule has 0 heterocycles. The Morgan fingerprint density at radius 3 is 2.65 bits per heavy atom. The highest BCUT2D eigenvalue weighted by atomic mass is 19.1. The average molecular weight is 239 g/mol. The molecule has 1 N–H and O–H groups in total. The SMILES string of the molecule is COC(=O)CCCNCCc1ccc(F)cc1. The molecule has 0 bridgehead atoms. The third-order valence-electron chi connectivity index (χ3n) is 2.47. The van der Waals surface area contributed by atoms with E-state index in [0.717, 1.165) is 31.5 Å². The molecule has 0 aromatic heterocycles. The second-order valence-electron chi connectivity index (χ2n) is 3.81. The van der Waals surface area contributed by atoms with E-state index in [-0.39, 0.29) is 11.8 Å². The molecule has 0 radical (unpaired) electrons. The van der Waals surface area contributed by atoms with Gasteiger partial charge in [-0.25, -0.2) is 4.39 Å². The maximum atomic E-state index is 12.6. The molecule has 3 nitrogen and oxygen atoms in total. The zero-order valence-corrected chi connectivity index (χ0v) is 10.0. The minimum Gasteiger partial charge on any atom is -0.469 e. The largest absolute Gasteiger partial charge is 0.469 e. The van der Waals surface area contributed by atoms with Gasteiger partial charge in [0.2, 0.25) is 0 Å². The van der Waals surface area contributed by atoms with Crippen LogP contribution in [0.1, 0.15) is 18.4 Å². The van der Waals surface area contributed by atoms with Crippen LogP contribution in [0.5, 0.6) is 0 Å². The number of hydrogen-bond donors (Lipinski definition) is 1. The summed E-state index contributed by atoms with van der Waals surface area (Å²) >= 11 is 0. The number of esters is 1. The number of carbonyl (C=O) groups is 1. The van der Waals surface area contributed by atoms with Crippen molar-refractivity contribution in [2.24, 2.45) is 0 Å². The quantitative estimate of drug-likeness (QED) is 0.583. The predicted octanol–water partition coefficient (Wildman–Crippen LogP) is 1.91. The highest BCUT2D eigenvalue weighted by Gasteiger charge is 1.98. The molecule has 0 aliphatic carbocycles. The van der Waals surface area contributed by atoms with Crippen LogP contribution in [-0.4, -0.2) is 26.2 Å². The molecule has 1 aromatic carbocycles. The van der Waals surface area contributed by atoms with Gasteiger partial charge in [0.05, 0.1) is 7.11 Å². The Bertz CT molecular complexity index is 338. The van der Waals surface area contributed by atoms with Crippen molar-refractivity contribution in [3.8, 4) is 0 Å². The van der Waals surface area contributed by atoms with Crippen molar-refractivity contribution in [2.75, 3.05) is 20.2 Å². The minimum absolute atomic E-state index is 0.176. The minimum atomic E-state index is -0.209. The highest BCUT2D eigenvalue weighted by Crippen LogP contribution is 2.02. The van der Waals surface area contributed by atoms with E-state index in [1.165, 1.54) is 19.2 Å². The molecule has 0 saturated carbocycles. The number of benzene rings is 1. The maximum absolute atomic E-state index is 12.6. The van der Waals surface area contributed by atoms with Gasteiger partial charge in [-0.2, -0.15) is 0 Å². The first-order chi connectivity index (χ1) is 8.22. The molecule has 1 rings (SSSR count). The van der Waals surface area contributed by atoms with Crippen molar-refractivity contribution in [1.82, 2.24) is 5.32 Å². The Kier molecular flexibility index (Phi) is 6.25. The Labute approximate surface area is 101 Å². The number of halogens is 1. The molecule has 0 aliphatic heterocycles. The summed E-state index contributed by atoms with van der Waals surface area (Å²) < 4.78 is 17.2. The second-order valence-corrected chi connectivity index (χ2v) is 3.81. The van der Waals surface area contributed by atoms with Crippen LogP contribution in [0.4, 0.5) is 4.39 Å². The molecule has 1 aromatic rings. The molecular formula is C13H18FNO2. The average Bonchev–Trinajstić information content (AvgIpc) is 2.35. The fraction of sp³-hybridized carbons (Fsp3) is 0.462. The first-order valence-corrected chi connectivity index (χ1v) is 5.74. The van der Waals surface area contributed by atoms with Crippen molar-refractivity contribution < 1.29 is 13.9 Å². The number of rotatable bonds is 7. The van der Waals surface area contributed by atoms with E-state index < -0.39 is 0 Å². The summed E-state index contributed by atoms with van der Waals surface area (Å²) in [7, 11) is 1.39. The fourth-order valence-corrected chi connectivity index (χ4v) is 1.47. The molecule has 0 atom stereocenters. The summed E-state index contributed by atoms with van der Waals surface area (Å²) in [5.74, 6) is -0.384. The van der Waals surface area contributed by atoms with Gasteiger partial charge in [0.15, 0.2) is 0 Å². The molecule has 0 unspecified atom stereocenters. The van der Waals surface area contributed by atoms with Gasteiger partial charge in [0, 0.05) is 6.42 Å². The van der Waals surface area contributed by atoms with Gasteiger partial charge in [-0.05, 0) is 43.6 Å². The van der Waals surface area contributed by atoms with Crippen LogP contribution in [-0.2, 0) is 16.0 Å². The summed E-state index contributed by atoms with van der Waals surface area (Å²) in [5, 5.41) is 3.23. The second kappa shape index (κ2) is 7.79. The van der Waals surface area contributed by atoms with Gasteiger partial charge in [-0.15, -0.1) is 0 Å². The standard InChI is InChI=1S/C13H18FNO2/c1-17-13(16)3-2-9-15-10-8-11-4-6-12(14)7-5-11/h4-7,15H,2-3,8-10H2,1H3. The lowest BCUT2D eigenvalue weighted by Crippen LogP contribution is -2.19. The van der Waals surface area contributed by atoms with E-state index in [0.29, 0.717) is 6.42 Å². The van der Waals surface area contributed by atoms with E-state index in [1.807, 2.05) is 0 Å². The molecule has 94 valence electrons. The molecule has 0 fully saturated rings. The smallest absolute Gasteiger partial charge is 0.305 e. The van der Waals surface area contributed by atoms with E-state index >= 15 is 0 Å². The van der Waals surface area contributed by atoms with E-state index in [2.05, 4.69) is 10.1 Å². The normalized spacial score (nSPS) is 10.2. The van der Waals surface area contributed by atoms with Crippen molar-refractivity contribution in [3.05, 3.63) is 35.6 Å². The van der Waals surface area contributed by atoms with Gasteiger partial charge in [-0.1, -0.05) is 12.1 Å². The number of nitrogens with one attached hydrogen (secondary N) is 1. The monoisotopic (exact) mass is 239 g/mol. The van der Waals surface area contributed by atoms with Crippen LogP contribution in [0.2, 0.25) is 0 Å². The molecule has 4 heteroatoms. The summed E-state index contributed by atoms with van der Waals surface area (Å²) in [6.07, 6.45) is 2.08. The van der Waals surface area contributed by atoms with Crippen LogP contribution >= 0.6 is 0 Å². The van der Waals surface area contributed by atoms with Gasteiger partial charge in [-0.3, -0.25) is 4.79 Å². The zero-order valence-electron chi connectivity index (χ0n) is 10.0. The van der Waals surface area contributed by atoms with Gasteiger partial charge >= 0.3 is 5.97 Å². The van der Waals surface area contributed by atoms with Crippen LogP contribution in [0.3, 0.4) is 0 Å². The first-order valence-electron chi connectivity index (χ1n) is 5.74. The third-order valence-corrected chi connectivity index (χ3v) is 2.47. The molecular weight excluding hydrogens is 221 g/mol. The Morgan fingerprint density at radius 1 is 1.29 bits per heavy atom. The summed E-state index contributed by atoms with van der Waals surface area (Å²) in [6, 6.07) is 6.50. The van der Waals surface area contributed by atoms with Crippen molar-refractivity contribution in [3.63, 3.8) is 0 Å². The maximum Gasteiger partial charge on any atom is 0.305 e. The van der Waals surface area contributed by atoms with Gasteiger partial charge in [0.1, 0.15) is 5.82 Å². The Hall–Kier alpha value is -1.42. The van der Waals surface area contributed by atoms with Crippen LogP contribution in [0.15, 0.2) is 24.3 Å². The van der Waals surface area contributed by atoms with Crippen LogP contribution in [0, 0.1) is 5.82 Å². The number of carbonyl (C=O) groups excluding carboxylic acids is 1. The zero-order chi connectivity index (χ0) is 12.5. The highest BCUT2D eigenvalue weighted by molar-refractivity contribution is 5.69. The molecule has 0 saturated heterocycles. The van der Waals surface area contributed by atoms with Gasteiger partial charge in [0.25, 0.3) is 0 Å². The lowest BCUT2D eigenvalue weighted by Gasteiger charge is -2.04. The Balaban J connectivity index is 2.04. The lowest BCUT2D eigenvalue weighted by molar-refractivity contribution is -0.140. The van der Waals surface area contributed by atoms with Gasteiger partial charge < -0.3 is 10.1 Å². The third kappa shape index (κ3) is 6.02. The van der Waals surface area contributed by atoms with Crippen molar-refractivity contribution in [2.45, 2.75) is 19.3 Å². The molecule has 0 spiro atoms. The van der Waals surface area contributed by atoms with Crippen molar-refractivity contribution >= 4 is 5.97 Å². The number of methoxy groups -OCH3 is 1. The summed E-state index contributed by atoms with van der Waals surface area (Å²) in [6.45, 7) is 1.61. The lowest BCUT2D eigenvalue weighted by atomic mass is 10.1. The topological polar surface area (TPSA) is 38.3 Å². The number of ether oxygens (including phenoxy) is 1. The predicted molar refractivity (Wildman–Crippen MR) is 64.2 cm³/mol. The number of hydrogen-bond acceptors (Lipinski definition) is 3. The fourth-order valence-electron chi connectivity index (χ4n) is 1.47.